The number of ether oxygens (including phenoxy) is 3. The van der Waals surface area contributed by atoms with Gasteiger partial charge >= 0.3 is 0 Å². The van der Waals surface area contributed by atoms with Crippen molar-refractivity contribution >= 4 is 23.1 Å². The number of rotatable bonds is 4. The number of methoxy groups -OCH3 is 1. The second-order valence-electron chi connectivity index (χ2n) is 6.20. The Balaban J connectivity index is 1.79. The molecule has 0 fully saturated rings. The fraction of sp³-hybridized carbons (Fsp3) is 0.200. The third kappa shape index (κ3) is 3.21. The number of hydrogen-bond acceptors (Lipinski definition) is 6. The molecule has 0 bridgehead atoms. The van der Waals surface area contributed by atoms with E-state index in [2.05, 4.69) is 9.69 Å². The molecule has 1 aromatic heterocycles. The molecule has 7 heteroatoms. The molecule has 6 nitrogen and oxygen atoms in total. The molecular formula is C20H18N2O4S. The highest BCUT2D eigenvalue weighted by atomic mass is 32.1. The summed E-state index contributed by atoms with van der Waals surface area (Å²) in [6.07, 6.45) is 0. The minimum Gasteiger partial charge on any atom is -0.495 e. The van der Waals surface area contributed by atoms with E-state index in [1.165, 1.54) is 18.5 Å². The zero-order valence-corrected chi connectivity index (χ0v) is 16.0. The van der Waals surface area contributed by atoms with E-state index in [9.17, 15) is 4.79 Å². The molecular weight excluding hydrogens is 364 g/mol. The molecule has 1 aliphatic heterocycles. The van der Waals surface area contributed by atoms with Crippen molar-refractivity contribution in [1.29, 1.82) is 0 Å². The molecule has 138 valence electrons. The van der Waals surface area contributed by atoms with Crippen molar-refractivity contribution in [3.05, 3.63) is 41.3 Å². The van der Waals surface area contributed by atoms with Crippen molar-refractivity contribution in [2.24, 2.45) is 0 Å². The number of aromatic nitrogens is 1. The second kappa shape index (κ2) is 6.92. The number of fused-ring (bicyclic) bond motifs is 1. The zero-order chi connectivity index (χ0) is 19.0. The van der Waals surface area contributed by atoms with Crippen LogP contribution in [0.15, 0.2) is 35.7 Å². The zero-order valence-electron chi connectivity index (χ0n) is 15.2. The lowest BCUT2D eigenvalue weighted by Gasteiger charge is -2.12. The third-order valence-electron chi connectivity index (χ3n) is 4.32. The van der Waals surface area contributed by atoms with Crippen LogP contribution in [0, 0.1) is 6.92 Å². The summed E-state index contributed by atoms with van der Waals surface area (Å²) in [6, 6.07) is 9.69. The van der Waals surface area contributed by atoms with Gasteiger partial charge < -0.3 is 19.5 Å². The highest BCUT2D eigenvalue weighted by Gasteiger charge is 2.20. The predicted molar refractivity (Wildman–Crippen MR) is 105 cm³/mol. The summed E-state index contributed by atoms with van der Waals surface area (Å²) in [7, 11) is 1.58. The Kier molecular flexibility index (Phi) is 4.45. The molecule has 4 rings (SSSR count). The average molecular weight is 382 g/mol. The maximum atomic E-state index is 11.5. The average Bonchev–Trinajstić information content (AvgIpc) is 3.30. The molecule has 0 saturated carbocycles. The van der Waals surface area contributed by atoms with Crippen molar-refractivity contribution in [1.82, 2.24) is 4.37 Å². The van der Waals surface area contributed by atoms with Crippen LogP contribution in [0.25, 0.3) is 22.4 Å². The standard InChI is InChI=1S/C20H18N2O4S/c1-11-6-14(8-18-20(11)26-10-25-18)19-15(9-27-22-19)13-4-5-17(24-3)16(7-13)21-12(2)23/h4-9H,10H2,1-3H3,(H,21,23). The van der Waals surface area contributed by atoms with Crippen LogP contribution in [0.4, 0.5) is 5.69 Å². The van der Waals surface area contributed by atoms with E-state index in [0.29, 0.717) is 11.4 Å². The van der Waals surface area contributed by atoms with Gasteiger partial charge in [-0.15, -0.1) is 0 Å². The van der Waals surface area contributed by atoms with Gasteiger partial charge in [0, 0.05) is 23.4 Å². The number of aryl methyl sites for hydroxylation is 1. The van der Waals surface area contributed by atoms with E-state index < -0.39 is 0 Å². The van der Waals surface area contributed by atoms with Crippen LogP contribution in [-0.4, -0.2) is 24.2 Å². The Bertz CT molecular complexity index is 1030. The maximum Gasteiger partial charge on any atom is 0.231 e. The molecule has 0 unspecified atom stereocenters. The summed E-state index contributed by atoms with van der Waals surface area (Å²) in [5.74, 6) is 1.98. The molecule has 1 N–H and O–H groups in total. The quantitative estimate of drug-likeness (QED) is 0.720. The molecule has 0 spiro atoms. The van der Waals surface area contributed by atoms with E-state index >= 15 is 0 Å². The van der Waals surface area contributed by atoms with Crippen LogP contribution in [-0.2, 0) is 4.79 Å². The van der Waals surface area contributed by atoms with Gasteiger partial charge in [-0.25, -0.2) is 0 Å². The summed E-state index contributed by atoms with van der Waals surface area (Å²) in [4.78, 5) is 11.5. The molecule has 0 radical (unpaired) electrons. The van der Waals surface area contributed by atoms with Crippen LogP contribution >= 0.6 is 11.5 Å². The second-order valence-corrected chi connectivity index (χ2v) is 6.83. The lowest BCUT2D eigenvalue weighted by atomic mass is 9.99. The van der Waals surface area contributed by atoms with Crippen molar-refractivity contribution < 1.29 is 19.0 Å². The van der Waals surface area contributed by atoms with Crippen molar-refractivity contribution in [2.75, 3.05) is 19.2 Å². The van der Waals surface area contributed by atoms with Crippen molar-refractivity contribution in [3.63, 3.8) is 0 Å². The number of nitrogens with one attached hydrogen (secondary N) is 1. The number of hydrogen-bond donors (Lipinski definition) is 1. The Morgan fingerprint density at radius 2 is 2.07 bits per heavy atom. The summed E-state index contributed by atoms with van der Waals surface area (Å²) < 4.78 is 21.0. The number of anilines is 1. The molecule has 3 aromatic rings. The third-order valence-corrected chi connectivity index (χ3v) is 4.95. The molecule has 1 aliphatic rings. The van der Waals surface area contributed by atoms with E-state index in [-0.39, 0.29) is 12.7 Å². The maximum absolute atomic E-state index is 11.5. The Labute approximate surface area is 160 Å². The fourth-order valence-electron chi connectivity index (χ4n) is 3.13. The molecule has 0 aliphatic carbocycles. The van der Waals surface area contributed by atoms with Crippen LogP contribution < -0.4 is 19.5 Å². The van der Waals surface area contributed by atoms with Gasteiger partial charge in [-0.1, -0.05) is 6.07 Å². The van der Waals surface area contributed by atoms with Gasteiger partial charge in [0.1, 0.15) is 5.75 Å². The first-order chi connectivity index (χ1) is 13.1. The number of nitrogens with zero attached hydrogens (tertiary/aromatic N) is 1. The van der Waals surface area contributed by atoms with Crippen LogP contribution in [0.1, 0.15) is 12.5 Å². The van der Waals surface area contributed by atoms with Gasteiger partial charge in [-0.2, -0.15) is 4.37 Å². The first-order valence-electron chi connectivity index (χ1n) is 8.38. The smallest absolute Gasteiger partial charge is 0.231 e. The Morgan fingerprint density at radius 1 is 1.22 bits per heavy atom. The summed E-state index contributed by atoms with van der Waals surface area (Å²) in [6.45, 7) is 3.70. The van der Waals surface area contributed by atoms with Gasteiger partial charge in [-0.05, 0) is 53.8 Å². The number of amides is 1. The Hall–Kier alpha value is -3.06. The van der Waals surface area contributed by atoms with E-state index in [1.54, 1.807) is 7.11 Å². The minimum atomic E-state index is -0.152. The normalized spacial score (nSPS) is 12.1. The highest BCUT2D eigenvalue weighted by Crippen LogP contribution is 2.42. The molecule has 27 heavy (non-hydrogen) atoms. The Morgan fingerprint density at radius 3 is 2.85 bits per heavy atom. The molecule has 0 saturated heterocycles. The fourth-order valence-corrected chi connectivity index (χ4v) is 3.85. The lowest BCUT2D eigenvalue weighted by molar-refractivity contribution is -0.114. The van der Waals surface area contributed by atoms with E-state index in [4.69, 9.17) is 14.2 Å². The van der Waals surface area contributed by atoms with Gasteiger partial charge in [-0.3, -0.25) is 4.79 Å². The topological polar surface area (TPSA) is 69.7 Å². The van der Waals surface area contributed by atoms with Crippen LogP contribution in [0.3, 0.4) is 0 Å². The molecule has 2 aromatic carbocycles. The monoisotopic (exact) mass is 382 g/mol. The highest BCUT2D eigenvalue weighted by molar-refractivity contribution is 7.04. The number of benzene rings is 2. The summed E-state index contributed by atoms with van der Waals surface area (Å²) >= 11 is 1.38. The van der Waals surface area contributed by atoms with Crippen molar-refractivity contribution in [3.8, 4) is 39.6 Å². The largest absolute Gasteiger partial charge is 0.495 e. The first kappa shape index (κ1) is 17.4. The molecule has 0 atom stereocenters. The molecule has 1 amide bonds. The minimum absolute atomic E-state index is 0.152. The van der Waals surface area contributed by atoms with Crippen LogP contribution in [0.2, 0.25) is 0 Å². The predicted octanol–water partition coefficient (Wildman–Crippen LogP) is 4.48. The van der Waals surface area contributed by atoms with Gasteiger partial charge in [0.25, 0.3) is 0 Å². The molecule has 2 heterocycles. The first-order valence-corrected chi connectivity index (χ1v) is 9.21. The summed E-state index contributed by atoms with van der Waals surface area (Å²) in [5, 5.41) is 4.81. The SMILES string of the molecule is COc1ccc(-c2csnc2-c2cc(C)c3c(c2)OCO3)cc1NC(C)=O. The van der Waals surface area contributed by atoms with Gasteiger partial charge in [0.2, 0.25) is 12.7 Å². The number of carbonyl (C=O) groups excluding carboxylic acids is 1. The summed E-state index contributed by atoms with van der Waals surface area (Å²) in [5.41, 5.74) is 5.38. The van der Waals surface area contributed by atoms with E-state index in [0.717, 1.165) is 39.4 Å². The van der Waals surface area contributed by atoms with E-state index in [1.807, 2.05) is 42.6 Å². The van der Waals surface area contributed by atoms with Crippen molar-refractivity contribution in [2.45, 2.75) is 13.8 Å². The number of carbonyl (C=O) groups is 1. The lowest BCUT2D eigenvalue weighted by Crippen LogP contribution is -2.07. The van der Waals surface area contributed by atoms with Gasteiger partial charge in [0.15, 0.2) is 11.5 Å². The van der Waals surface area contributed by atoms with Crippen LogP contribution in [0.5, 0.6) is 17.2 Å². The van der Waals surface area contributed by atoms with Gasteiger partial charge in [0.05, 0.1) is 18.5 Å².